The Morgan fingerprint density at radius 2 is 2.25 bits per heavy atom. The molecule has 0 bridgehead atoms. The lowest BCUT2D eigenvalue weighted by molar-refractivity contribution is 0.333. The van der Waals surface area contributed by atoms with Crippen LogP contribution in [0, 0.1) is 0 Å². The Balaban J connectivity index is 0.000000720. The van der Waals surface area contributed by atoms with Crippen LogP contribution in [0.1, 0.15) is 11.6 Å². The van der Waals surface area contributed by atoms with Crippen LogP contribution in [0.15, 0.2) is 22.7 Å². The van der Waals surface area contributed by atoms with E-state index in [1.807, 2.05) is 18.2 Å². The molecule has 0 aliphatic carbocycles. The number of benzene rings is 1. The molecule has 0 saturated heterocycles. The highest BCUT2D eigenvalue weighted by Gasteiger charge is 2.19. The Morgan fingerprint density at radius 3 is 3.00 bits per heavy atom. The second-order valence-corrected chi connectivity index (χ2v) is 3.52. The quantitative estimate of drug-likeness (QED) is 0.767. The number of nitrogens with two attached hydrogens (primary N) is 1. The molecule has 1 aromatic carbocycles. The fourth-order valence-electron chi connectivity index (χ4n) is 1.21. The van der Waals surface area contributed by atoms with Crippen molar-refractivity contribution in [2.24, 2.45) is 5.73 Å². The van der Waals surface area contributed by atoms with Crippen molar-refractivity contribution in [1.29, 1.82) is 0 Å². The molecule has 12 heavy (non-hydrogen) atoms. The molecule has 1 aliphatic rings. The largest absolute Gasteiger partial charge is 0.491 e. The van der Waals surface area contributed by atoms with Gasteiger partial charge >= 0.3 is 0 Å². The molecule has 0 spiro atoms. The zero-order valence-electron chi connectivity index (χ0n) is 6.29. The smallest absolute Gasteiger partial charge is 0.125 e. The van der Waals surface area contributed by atoms with Gasteiger partial charge in [0.15, 0.2) is 0 Å². The van der Waals surface area contributed by atoms with Gasteiger partial charge in [-0.2, -0.15) is 0 Å². The van der Waals surface area contributed by atoms with Crippen LogP contribution >= 0.6 is 28.3 Å². The normalized spacial score (nSPS) is 19.3. The van der Waals surface area contributed by atoms with Crippen LogP contribution in [0.2, 0.25) is 0 Å². The zero-order valence-corrected chi connectivity index (χ0v) is 8.69. The van der Waals surface area contributed by atoms with Crippen molar-refractivity contribution in [2.45, 2.75) is 6.04 Å². The molecular formula is C8H9BrClNO. The van der Waals surface area contributed by atoms with Gasteiger partial charge in [-0.15, -0.1) is 12.4 Å². The fourth-order valence-corrected chi connectivity index (χ4v) is 1.55. The van der Waals surface area contributed by atoms with Crippen molar-refractivity contribution >= 4 is 28.3 Å². The molecule has 66 valence electrons. The molecule has 0 fully saturated rings. The third-order valence-electron chi connectivity index (χ3n) is 1.79. The van der Waals surface area contributed by atoms with Gasteiger partial charge in [-0.1, -0.05) is 22.0 Å². The van der Waals surface area contributed by atoms with E-state index >= 15 is 0 Å². The summed E-state index contributed by atoms with van der Waals surface area (Å²) in [5.41, 5.74) is 6.86. The Hall–Kier alpha value is -0.250. The summed E-state index contributed by atoms with van der Waals surface area (Å²) < 4.78 is 6.37. The Kier molecular flexibility index (Phi) is 2.99. The Morgan fingerprint density at radius 1 is 1.50 bits per heavy atom. The average Bonchev–Trinajstić information content (AvgIpc) is 2.32. The summed E-state index contributed by atoms with van der Waals surface area (Å²) in [6.07, 6.45) is 0. The fraction of sp³-hybridized carbons (Fsp3) is 0.250. The van der Waals surface area contributed by atoms with E-state index < -0.39 is 0 Å². The van der Waals surface area contributed by atoms with Crippen LogP contribution in [0.5, 0.6) is 5.75 Å². The van der Waals surface area contributed by atoms with Gasteiger partial charge in [-0.25, -0.2) is 0 Å². The van der Waals surface area contributed by atoms with E-state index in [4.69, 9.17) is 10.5 Å². The lowest BCUT2D eigenvalue weighted by Crippen LogP contribution is -2.10. The van der Waals surface area contributed by atoms with Crippen molar-refractivity contribution in [3.8, 4) is 5.75 Å². The van der Waals surface area contributed by atoms with Gasteiger partial charge < -0.3 is 10.5 Å². The molecule has 0 saturated carbocycles. The number of ether oxygens (including phenoxy) is 1. The van der Waals surface area contributed by atoms with E-state index in [2.05, 4.69) is 15.9 Å². The first kappa shape index (κ1) is 9.84. The molecule has 0 aromatic heterocycles. The van der Waals surface area contributed by atoms with Crippen LogP contribution in [-0.2, 0) is 0 Å². The van der Waals surface area contributed by atoms with Crippen LogP contribution in [-0.4, -0.2) is 6.61 Å². The minimum Gasteiger partial charge on any atom is -0.491 e. The first-order valence-corrected chi connectivity index (χ1v) is 4.24. The second-order valence-electron chi connectivity index (χ2n) is 2.60. The van der Waals surface area contributed by atoms with Crippen LogP contribution in [0.4, 0.5) is 0 Å². The molecule has 2 nitrogen and oxygen atoms in total. The van der Waals surface area contributed by atoms with Gasteiger partial charge in [-0.3, -0.25) is 0 Å². The van der Waals surface area contributed by atoms with Crippen molar-refractivity contribution in [2.75, 3.05) is 6.61 Å². The van der Waals surface area contributed by atoms with Gasteiger partial charge in [0.2, 0.25) is 0 Å². The van der Waals surface area contributed by atoms with E-state index in [0.29, 0.717) is 6.61 Å². The molecule has 4 heteroatoms. The van der Waals surface area contributed by atoms with Gasteiger partial charge in [0.1, 0.15) is 12.4 Å². The molecule has 2 rings (SSSR count). The van der Waals surface area contributed by atoms with Crippen molar-refractivity contribution in [1.82, 2.24) is 0 Å². The zero-order chi connectivity index (χ0) is 7.84. The monoisotopic (exact) mass is 249 g/mol. The Bertz CT molecular complexity index is 292. The second kappa shape index (κ2) is 3.64. The van der Waals surface area contributed by atoms with E-state index in [1.54, 1.807) is 0 Å². The highest BCUT2D eigenvalue weighted by molar-refractivity contribution is 9.10. The van der Waals surface area contributed by atoms with Crippen LogP contribution in [0.25, 0.3) is 0 Å². The first-order chi connectivity index (χ1) is 5.27. The molecule has 1 aliphatic heterocycles. The summed E-state index contributed by atoms with van der Waals surface area (Å²) in [6, 6.07) is 5.98. The van der Waals surface area contributed by atoms with Gasteiger partial charge in [-0.05, 0) is 12.1 Å². The van der Waals surface area contributed by atoms with E-state index in [-0.39, 0.29) is 18.4 Å². The third kappa shape index (κ3) is 1.58. The van der Waals surface area contributed by atoms with Crippen LogP contribution < -0.4 is 10.5 Å². The van der Waals surface area contributed by atoms with E-state index in [0.717, 1.165) is 15.8 Å². The average molecular weight is 251 g/mol. The third-order valence-corrected chi connectivity index (χ3v) is 2.29. The molecule has 1 atom stereocenters. The van der Waals surface area contributed by atoms with Crippen molar-refractivity contribution in [3.05, 3.63) is 28.2 Å². The molecule has 2 N–H and O–H groups in total. The molecular weight excluding hydrogens is 241 g/mol. The maximum absolute atomic E-state index is 5.76. The lowest BCUT2D eigenvalue weighted by Gasteiger charge is -1.99. The number of rotatable bonds is 0. The summed E-state index contributed by atoms with van der Waals surface area (Å²) in [6.45, 7) is 0.603. The highest BCUT2D eigenvalue weighted by atomic mass is 79.9. The standard InChI is InChI=1S/C8H8BrNO.ClH/c9-5-1-2-6-7(10)4-11-8(6)3-5;/h1-3,7H,4,10H2;1H/t7-;/m0./s1. The first-order valence-electron chi connectivity index (χ1n) is 3.45. The number of hydrogen-bond acceptors (Lipinski definition) is 2. The molecule has 1 heterocycles. The number of halogens is 2. The minimum atomic E-state index is 0. The maximum Gasteiger partial charge on any atom is 0.125 e. The topological polar surface area (TPSA) is 35.2 Å². The van der Waals surface area contributed by atoms with E-state index in [1.165, 1.54) is 0 Å². The molecule has 0 amide bonds. The van der Waals surface area contributed by atoms with Gasteiger partial charge in [0, 0.05) is 10.0 Å². The highest BCUT2D eigenvalue weighted by Crippen LogP contribution is 2.32. The minimum absolute atomic E-state index is 0. The summed E-state index contributed by atoms with van der Waals surface area (Å²) >= 11 is 3.36. The SMILES string of the molecule is Cl.N[C@H]1COc2cc(Br)ccc21. The van der Waals surface area contributed by atoms with Crippen molar-refractivity contribution < 1.29 is 4.74 Å². The summed E-state index contributed by atoms with van der Waals surface area (Å²) in [5, 5.41) is 0. The lowest BCUT2D eigenvalue weighted by atomic mass is 10.1. The Labute approximate surface area is 85.6 Å². The van der Waals surface area contributed by atoms with E-state index in [9.17, 15) is 0 Å². The number of fused-ring (bicyclic) bond motifs is 1. The maximum atomic E-state index is 5.76. The van der Waals surface area contributed by atoms with Crippen LogP contribution in [0.3, 0.4) is 0 Å². The van der Waals surface area contributed by atoms with Gasteiger partial charge in [0.05, 0.1) is 6.04 Å². The predicted octanol–water partition coefficient (Wildman–Crippen LogP) is 2.26. The number of hydrogen-bond donors (Lipinski definition) is 1. The van der Waals surface area contributed by atoms with Gasteiger partial charge in [0.25, 0.3) is 0 Å². The summed E-state index contributed by atoms with van der Waals surface area (Å²) in [7, 11) is 0. The summed E-state index contributed by atoms with van der Waals surface area (Å²) in [5.74, 6) is 0.909. The molecule has 1 aromatic rings. The summed E-state index contributed by atoms with van der Waals surface area (Å²) in [4.78, 5) is 0. The predicted molar refractivity (Wildman–Crippen MR) is 53.8 cm³/mol. The molecule has 0 radical (unpaired) electrons. The van der Waals surface area contributed by atoms with Crippen molar-refractivity contribution in [3.63, 3.8) is 0 Å². The molecule has 0 unspecified atom stereocenters.